The Labute approximate surface area is 33.1 Å². The van der Waals surface area contributed by atoms with E-state index >= 15 is 0 Å². The summed E-state index contributed by atoms with van der Waals surface area (Å²) in [6, 6.07) is 0. The smallest absolute Gasteiger partial charge is 0.151 e. The summed E-state index contributed by atoms with van der Waals surface area (Å²) in [6.45, 7) is 1.54. The Balaban J connectivity index is -0.0000000200. The summed E-state index contributed by atoms with van der Waals surface area (Å²) < 4.78 is 8.90. The summed E-state index contributed by atoms with van der Waals surface area (Å²) in [5.74, 6) is 0. The summed E-state index contributed by atoms with van der Waals surface area (Å²) in [7, 11) is 0.167. The fourth-order valence-corrected chi connectivity index (χ4v) is 0. The molecule has 0 amide bonds. The molecule has 0 aliphatic carbocycles. The Morgan fingerprint density at radius 1 is 1.40 bits per heavy atom. The van der Waals surface area contributed by atoms with Crippen molar-refractivity contribution in [3.8, 4) is 0 Å². The quantitative estimate of drug-likeness (QED) is 0.444. The van der Waals surface area contributed by atoms with Crippen LogP contribution >= 0.6 is 8.46 Å². The first-order valence-electron chi connectivity index (χ1n) is 0.630. The van der Waals surface area contributed by atoms with Crippen LogP contribution in [-0.4, -0.2) is 6.66 Å². The fraction of sp³-hybridized carbons (Fsp3) is 1.00. The molecule has 0 heterocycles. The first-order chi connectivity index (χ1) is 1.41. The predicted octanol–water partition coefficient (Wildman–Crippen LogP) is 1.23. The van der Waals surface area contributed by atoms with Crippen LogP contribution in [0.15, 0.2) is 0 Å². The van der Waals surface area contributed by atoms with E-state index in [1.54, 1.807) is 6.66 Å². The van der Waals surface area contributed by atoms with Gasteiger partial charge in [0.2, 0.25) is 0 Å². The zero-order valence-corrected chi connectivity index (χ0v) is 4.16. The van der Waals surface area contributed by atoms with E-state index in [2.05, 4.69) is 0 Å². The molecular weight excluding hydrogens is 87.0 g/mol. The van der Waals surface area contributed by atoms with Crippen molar-refractivity contribution in [2.75, 3.05) is 6.66 Å². The van der Waals surface area contributed by atoms with Crippen LogP contribution in [0, 0.1) is 0 Å². The summed E-state index contributed by atoms with van der Waals surface area (Å²) in [5.41, 5.74) is 0. The molecule has 6 N–H and O–H groups in total. The molecule has 0 spiro atoms. The highest BCUT2D eigenvalue weighted by atomic mass is 31.1. The summed E-state index contributed by atoms with van der Waals surface area (Å²) >= 11 is 0. The van der Waals surface area contributed by atoms with Crippen molar-refractivity contribution in [3.05, 3.63) is 0 Å². The highest BCUT2D eigenvalue weighted by Gasteiger charge is 1.27. The summed E-state index contributed by atoms with van der Waals surface area (Å²) in [4.78, 5) is 0. The van der Waals surface area contributed by atoms with Gasteiger partial charge in [-0.25, -0.2) is 0 Å². The molecule has 0 aliphatic rings. The molecule has 3 nitrogen and oxygen atoms in total. The fourth-order valence-electron chi connectivity index (χ4n) is 0. The average molecular weight is 96.1 g/mol. The normalized spacial score (nSPS) is 4.20. The minimum atomic E-state index is 0. The monoisotopic (exact) mass is 96.0 g/mol. The molecule has 0 bridgehead atoms. The lowest BCUT2D eigenvalue weighted by atomic mass is 12.0. The van der Waals surface area contributed by atoms with Gasteiger partial charge in [0.15, 0.2) is 8.46 Å². The Kier molecular flexibility index (Phi) is 140. The molecule has 0 atom stereocenters. The molecule has 5 heavy (non-hydrogen) atoms. The lowest BCUT2D eigenvalue weighted by Gasteiger charge is -1.20. The van der Waals surface area contributed by atoms with E-state index < -0.39 is 0 Å². The van der Waals surface area contributed by atoms with Gasteiger partial charge in [0.25, 0.3) is 0 Å². The van der Waals surface area contributed by atoms with Gasteiger partial charge in [-0.3, -0.25) is 4.57 Å². The van der Waals surface area contributed by atoms with Crippen molar-refractivity contribution < 1.29 is 4.57 Å². The largest absolute Gasteiger partial charge is 0.344 e. The maximum Gasteiger partial charge on any atom is 0.151 e. The molecule has 0 unspecified atom stereocenters. The standard InChI is InChI=1S/CH3OP.2H3N/c1-3-2;;/h1H3;2*1H3. The summed E-state index contributed by atoms with van der Waals surface area (Å²) in [6.07, 6.45) is 0. The van der Waals surface area contributed by atoms with E-state index in [9.17, 15) is 0 Å². The molecule has 0 aromatic heterocycles. The second-order valence-corrected chi connectivity index (χ2v) is 0.548. The van der Waals surface area contributed by atoms with Crippen LogP contribution < -0.4 is 12.3 Å². The van der Waals surface area contributed by atoms with E-state index in [1.165, 1.54) is 0 Å². The molecule has 34 valence electrons. The van der Waals surface area contributed by atoms with Crippen molar-refractivity contribution in [3.63, 3.8) is 0 Å². The second-order valence-electron chi connectivity index (χ2n) is 0.183. The van der Waals surface area contributed by atoms with Crippen molar-refractivity contribution >= 4 is 8.46 Å². The molecule has 0 rings (SSSR count). The summed E-state index contributed by atoms with van der Waals surface area (Å²) in [5, 5.41) is 0. The lowest BCUT2D eigenvalue weighted by molar-refractivity contribution is 0.601. The number of hydrogen-bond donors (Lipinski definition) is 2. The van der Waals surface area contributed by atoms with Crippen molar-refractivity contribution in [2.24, 2.45) is 0 Å². The molecule has 0 aliphatic heterocycles. The molecule has 0 fully saturated rings. The van der Waals surface area contributed by atoms with E-state index in [-0.39, 0.29) is 20.8 Å². The Morgan fingerprint density at radius 3 is 1.40 bits per heavy atom. The van der Waals surface area contributed by atoms with Gasteiger partial charge in [0.1, 0.15) is 0 Å². The lowest BCUT2D eigenvalue weighted by Crippen LogP contribution is -0.988. The highest BCUT2D eigenvalue weighted by molar-refractivity contribution is 7.22. The van der Waals surface area contributed by atoms with Crippen molar-refractivity contribution in [1.82, 2.24) is 12.3 Å². The third-order valence-corrected chi connectivity index (χ3v) is 0. The van der Waals surface area contributed by atoms with E-state index in [0.717, 1.165) is 0 Å². The van der Waals surface area contributed by atoms with Gasteiger partial charge in [-0.2, -0.15) is 0 Å². The third-order valence-electron chi connectivity index (χ3n) is 0. The van der Waals surface area contributed by atoms with Crippen LogP contribution in [0.5, 0.6) is 0 Å². The van der Waals surface area contributed by atoms with Crippen LogP contribution in [-0.2, 0) is 4.57 Å². The molecule has 0 radical (unpaired) electrons. The molecule has 0 aromatic carbocycles. The molecule has 0 saturated carbocycles. The van der Waals surface area contributed by atoms with Crippen LogP contribution in [0.25, 0.3) is 0 Å². The van der Waals surface area contributed by atoms with Crippen molar-refractivity contribution in [2.45, 2.75) is 0 Å². The zero-order chi connectivity index (χ0) is 2.71. The van der Waals surface area contributed by atoms with Gasteiger partial charge in [0, 0.05) is 6.66 Å². The Bertz CT molecular complexity index is 17.1. The minimum absolute atomic E-state index is 0. The second kappa shape index (κ2) is 35.2. The van der Waals surface area contributed by atoms with Crippen LogP contribution in [0.3, 0.4) is 0 Å². The van der Waals surface area contributed by atoms with Gasteiger partial charge in [-0.15, -0.1) is 0 Å². The SMILES string of the molecule is CP=O.N.N. The number of hydrogen-bond acceptors (Lipinski definition) is 3. The molecule has 4 heteroatoms. The average Bonchev–Trinajstić information content (AvgIpc) is 0.918. The Hall–Kier alpha value is 0.0200. The first kappa shape index (κ1) is 19.9. The first-order valence-corrected chi connectivity index (χ1v) is 1.89. The van der Waals surface area contributed by atoms with E-state index in [4.69, 9.17) is 4.57 Å². The third kappa shape index (κ3) is 41000. The molecular formula is CH9N2OP. The van der Waals surface area contributed by atoms with Gasteiger partial charge in [-0.1, -0.05) is 0 Å². The van der Waals surface area contributed by atoms with Gasteiger partial charge >= 0.3 is 0 Å². The van der Waals surface area contributed by atoms with Gasteiger partial charge in [-0.05, 0) is 0 Å². The topological polar surface area (TPSA) is 87.1 Å². The minimum Gasteiger partial charge on any atom is -0.344 e. The predicted molar refractivity (Wildman–Crippen MR) is 23.6 cm³/mol. The zero-order valence-electron chi connectivity index (χ0n) is 3.27. The van der Waals surface area contributed by atoms with Crippen LogP contribution in [0.2, 0.25) is 0 Å². The van der Waals surface area contributed by atoms with Crippen molar-refractivity contribution in [1.29, 1.82) is 0 Å². The van der Waals surface area contributed by atoms with Crippen LogP contribution in [0.4, 0.5) is 0 Å². The maximum absolute atomic E-state index is 8.90. The molecule has 0 aromatic rings. The molecule has 0 saturated heterocycles. The van der Waals surface area contributed by atoms with Gasteiger partial charge in [0.05, 0.1) is 0 Å². The van der Waals surface area contributed by atoms with E-state index in [1.807, 2.05) is 0 Å². The van der Waals surface area contributed by atoms with Gasteiger partial charge < -0.3 is 12.3 Å². The van der Waals surface area contributed by atoms with E-state index in [0.29, 0.717) is 0 Å². The maximum atomic E-state index is 8.90. The Morgan fingerprint density at radius 2 is 1.40 bits per heavy atom. The van der Waals surface area contributed by atoms with Crippen LogP contribution in [0.1, 0.15) is 0 Å². The highest BCUT2D eigenvalue weighted by Crippen LogP contribution is 1.67. The number of rotatable bonds is 0.